The number of hydrogen-bond donors (Lipinski definition) is 1. The standard InChI is InChI=1S/C27H31ClN6O2/c28-22-7-5-20(6-8-22)23-9-10-25(32-31-23)33-14-11-21(12-15-33)27(36)29-13-16-34-18-30-24(17-26(34)35)19-3-1-2-4-19/h5-10,17-19,21H,1-4,11-16H2,(H,29,36). The van der Waals surface area contributed by atoms with Gasteiger partial charge in [0.15, 0.2) is 5.82 Å². The molecular weight excluding hydrogens is 476 g/mol. The molecule has 2 aromatic heterocycles. The number of nitrogens with one attached hydrogen (secondary N) is 1. The van der Waals surface area contributed by atoms with Crippen molar-refractivity contribution in [1.82, 2.24) is 25.1 Å². The molecule has 2 aliphatic rings. The number of halogens is 1. The average Bonchev–Trinajstić information content (AvgIpc) is 3.45. The summed E-state index contributed by atoms with van der Waals surface area (Å²) in [7, 11) is 0. The van der Waals surface area contributed by atoms with Crippen molar-refractivity contribution in [3.8, 4) is 11.3 Å². The molecule has 8 nitrogen and oxygen atoms in total. The van der Waals surface area contributed by atoms with Crippen molar-refractivity contribution in [3.63, 3.8) is 0 Å². The van der Waals surface area contributed by atoms with Crippen LogP contribution in [0.4, 0.5) is 5.82 Å². The van der Waals surface area contributed by atoms with Gasteiger partial charge in [0.25, 0.3) is 5.56 Å². The van der Waals surface area contributed by atoms with Gasteiger partial charge in [-0.05, 0) is 49.9 Å². The van der Waals surface area contributed by atoms with E-state index in [1.807, 2.05) is 36.4 Å². The van der Waals surface area contributed by atoms with Gasteiger partial charge in [-0.25, -0.2) is 4.98 Å². The van der Waals surface area contributed by atoms with Crippen molar-refractivity contribution in [2.45, 2.75) is 51.0 Å². The average molecular weight is 507 g/mol. The Bertz CT molecular complexity index is 1230. The molecule has 1 N–H and O–H groups in total. The number of carbonyl (C=O) groups is 1. The van der Waals surface area contributed by atoms with E-state index in [4.69, 9.17) is 11.6 Å². The first-order valence-electron chi connectivity index (χ1n) is 12.8. The van der Waals surface area contributed by atoms with Crippen LogP contribution in [-0.4, -0.2) is 45.3 Å². The zero-order valence-electron chi connectivity index (χ0n) is 20.3. The van der Waals surface area contributed by atoms with E-state index in [1.165, 1.54) is 12.8 Å². The Morgan fingerprint density at radius 3 is 2.42 bits per heavy atom. The monoisotopic (exact) mass is 506 g/mol. The van der Waals surface area contributed by atoms with E-state index in [2.05, 4.69) is 25.4 Å². The third-order valence-corrected chi connectivity index (χ3v) is 7.56. The van der Waals surface area contributed by atoms with Gasteiger partial charge in [0.1, 0.15) is 0 Å². The smallest absolute Gasteiger partial charge is 0.253 e. The number of aromatic nitrogens is 4. The maximum Gasteiger partial charge on any atom is 0.253 e. The SMILES string of the molecule is O=C(NCCn1cnc(C2CCCC2)cc1=O)C1CCN(c2ccc(-c3ccc(Cl)cc3)nn2)CC1. The molecule has 1 saturated heterocycles. The lowest BCUT2D eigenvalue weighted by molar-refractivity contribution is -0.125. The lowest BCUT2D eigenvalue weighted by atomic mass is 9.96. The van der Waals surface area contributed by atoms with Gasteiger partial charge >= 0.3 is 0 Å². The third kappa shape index (κ3) is 5.75. The minimum Gasteiger partial charge on any atom is -0.355 e. The van der Waals surface area contributed by atoms with Crippen LogP contribution in [0.15, 0.2) is 53.6 Å². The Kier molecular flexibility index (Phi) is 7.60. The zero-order valence-corrected chi connectivity index (χ0v) is 21.0. The summed E-state index contributed by atoms with van der Waals surface area (Å²) in [6, 6.07) is 13.1. The van der Waals surface area contributed by atoms with Crippen LogP contribution < -0.4 is 15.8 Å². The van der Waals surface area contributed by atoms with E-state index in [0.717, 1.165) is 61.5 Å². The summed E-state index contributed by atoms with van der Waals surface area (Å²) in [4.78, 5) is 31.8. The van der Waals surface area contributed by atoms with E-state index in [0.29, 0.717) is 24.0 Å². The molecule has 3 heterocycles. The quantitative estimate of drug-likeness (QED) is 0.519. The molecule has 1 aliphatic carbocycles. The van der Waals surface area contributed by atoms with Gasteiger partial charge in [-0.1, -0.05) is 36.6 Å². The minimum absolute atomic E-state index is 0.0397. The second-order valence-corrected chi connectivity index (χ2v) is 10.1. The summed E-state index contributed by atoms with van der Waals surface area (Å²) in [5, 5.41) is 12.5. The van der Waals surface area contributed by atoms with E-state index >= 15 is 0 Å². The van der Waals surface area contributed by atoms with Crippen molar-refractivity contribution < 1.29 is 4.79 Å². The predicted octanol–water partition coefficient (Wildman–Crippen LogP) is 4.04. The van der Waals surface area contributed by atoms with Crippen LogP contribution >= 0.6 is 11.6 Å². The molecule has 9 heteroatoms. The highest BCUT2D eigenvalue weighted by Crippen LogP contribution is 2.32. The minimum atomic E-state index is -0.0438. The fourth-order valence-electron chi connectivity index (χ4n) is 5.14. The third-order valence-electron chi connectivity index (χ3n) is 7.31. The fraction of sp³-hybridized carbons (Fsp3) is 0.444. The highest BCUT2D eigenvalue weighted by molar-refractivity contribution is 6.30. The lowest BCUT2D eigenvalue weighted by Crippen LogP contribution is -2.42. The second kappa shape index (κ2) is 11.2. The fourth-order valence-corrected chi connectivity index (χ4v) is 5.26. The number of piperidine rings is 1. The molecule has 0 bridgehead atoms. The van der Waals surface area contributed by atoms with E-state index in [-0.39, 0.29) is 17.4 Å². The van der Waals surface area contributed by atoms with Crippen LogP contribution in [0, 0.1) is 5.92 Å². The summed E-state index contributed by atoms with van der Waals surface area (Å²) in [5.41, 5.74) is 2.63. The van der Waals surface area contributed by atoms with Crippen molar-refractivity contribution in [2.24, 2.45) is 5.92 Å². The van der Waals surface area contributed by atoms with Crippen LogP contribution in [0.25, 0.3) is 11.3 Å². The van der Waals surface area contributed by atoms with Crippen LogP contribution in [-0.2, 0) is 11.3 Å². The molecule has 1 saturated carbocycles. The predicted molar refractivity (Wildman–Crippen MR) is 140 cm³/mol. The van der Waals surface area contributed by atoms with Gasteiger partial charge in [0.05, 0.1) is 17.7 Å². The van der Waals surface area contributed by atoms with Crippen LogP contribution in [0.5, 0.6) is 0 Å². The molecule has 3 aromatic rings. The van der Waals surface area contributed by atoms with E-state index in [9.17, 15) is 9.59 Å². The first kappa shape index (κ1) is 24.4. The summed E-state index contributed by atoms with van der Waals surface area (Å²) < 4.78 is 1.58. The molecular formula is C27H31ClN6O2. The number of rotatable bonds is 7. The molecule has 0 radical (unpaired) electrons. The topological polar surface area (TPSA) is 93.0 Å². The van der Waals surface area contributed by atoms with Crippen LogP contribution in [0.1, 0.15) is 50.1 Å². The number of carbonyl (C=O) groups excluding carboxylic acids is 1. The number of nitrogens with zero attached hydrogens (tertiary/aromatic N) is 5. The van der Waals surface area contributed by atoms with Gasteiger partial charge in [0, 0.05) is 54.7 Å². The molecule has 2 fully saturated rings. The summed E-state index contributed by atoms with van der Waals surface area (Å²) >= 11 is 5.96. The first-order valence-corrected chi connectivity index (χ1v) is 13.1. The molecule has 1 aromatic carbocycles. The van der Waals surface area contributed by atoms with Crippen molar-refractivity contribution in [1.29, 1.82) is 0 Å². The Hall–Kier alpha value is -3.26. The molecule has 188 valence electrons. The molecule has 0 atom stereocenters. The Morgan fingerprint density at radius 2 is 1.75 bits per heavy atom. The number of amides is 1. The normalized spacial score (nSPS) is 16.9. The van der Waals surface area contributed by atoms with E-state index < -0.39 is 0 Å². The van der Waals surface area contributed by atoms with Crippen LogP contribution in [0.2, 0.25) is 5.02 Å². The van der Waals surface area contributed by atoms with Gasteiger partial charge < -0.3 is 10.2 Å². The summed E-state index contributed by atoms with van der Waals surface area (Å²) in [6.07, 6.45) is 7.79. The van der Waals surface area contributed by atoms with Gasteiger partial charge in [-0.2, -0.15) is 0 Å². The van der Waals surface area contributed by atoms with Crippen molar-refractivity contribution in [2.75, 3.05) is 24.5 Å². The molecule has 36 heavy (non-hydrogen) atoms. The van der Waals surface area contributed by atoms with Gasteiger partial charge in [0.2, 0.25) is 5.91 Å². The zero-order chi connectivity index (χ0) is 24.9. The number of hydrogen-bond acceptors (Lipinski definition) is 6. The van der Waals surface area contributed by atoms with Gasteiger partial charge in [-0.15, -0.1) is 10.2 Å². The highest BCUT2D eigenvalue weighted by atomic mass is 35.5. The molecule has 1 aliphatic heterocycles. The Labute approximate surface area is 215 Å². The second-order valence-electron chi connectivity index (χ2n) is 9.66. The highest BCUT2D eigenvalue weighted by Gasteiger charge is 2.25. The maximum atomic E-state index is 12.7. The van der Waals surface area contributed by atoms with Crippen molar-refractivity contribution in [3.05, 3.63) is 69.9 Å². The molecule has 0 spiro atoms. The van der Waals surface area contributed by atoms with E-state index in [1.54, 1.807) is 17.0 Å². The van der Waals surface area contributed by atoms with Crippen molar-refractivity contribution >= 4 is 23.3 Å². The number of benzene rings is 1. The first-order chi connectivity index (χ1) is 17.6. The van der Waals surface area contributed by atoms with Gasteiger partial charge in [-0.3, -0.25) is 14.2 Å². The summed E-state index contributed by atoms with van der Waals surface area (Å²) in [6.45, 7) is 2.34. The van der Waals surface area contributed by atoms with Crippen LogP contribution in [0.3, 0.4) is 0 Å². The number of anilines is 1. The lowest BCUT2D eigenvalue weighted by Gasteiger charge is -2.31. The summed E-state index contributed by atoms with van der Waals surface area (Å²) in [5.74, 6) is 1.24. The largest absolute Gasteiger partial charge is 0.355 e. The molecule has 1 amide bonds. The molecule has 5 rings (SSSR count). The molecule has 0 unspecified atom stereocenters. The maximum absolute atomic E-state index is 12.7. The Morgan fingerprint density at radius 1 is 1.00 bits per heavy atom. The Balaban J connectivity index is 1.08.